The summed E-state index contributed by atoms with van der Waals surface area (Å²) in [7, 11) is 0. The lowest BCUT2D eigenvalue weighted by molar-refractivity contribution is -0.121. The highest BCUT2D eigenvalue weighted by Gasteiger charge is 2.51. The first kappa shape index (κ1) is 22.5. The van der Waals surface area contributed by atoms with Crippen LogP contribution in [0.25, 0.3) is 0 Å². The number of aliphatic hydroxyl groups excluding tert-OH is 3. The van der Waals surface area contributed by atoms with Crippen LogP contribution in [-0.2, 0) is 4.79 Å². The van der Waals surface area contributed by atoms with Gasteiger partial charge in [-0.15, -0.1) is 0 Å². The standard InChI is InChI=1S/C27H38O4/c1-16-20(13-21(28)14-24(16)29)9-6-18-5-4-12-27(3)22(10-11-23(18)27)17(2)25(30)15-26(31)19-7-8-19/h6,9,15,17,19,21-24,28-29,31H,1,4-5,7-8,10-14H2,2-3H3/b18-6+,20-9-,26-15-/t17-,21+,22+,23?,24-,27+/m0/s1. The molecule has 4 saturated carbocycles. The van der Waals surface area contributed by atoms with Crippen LogP contribution in [0, 0.1) is 29.1 Å². The van der Waals surface area contributed by atoms with Crippen LogP contribution in [0.1, 0.15) is 71.6 Å². The van der Waals surface area contributed by atoms with Crippen molar-refractivity contribution in [2.24, 2.45) is 29.1 Å². The summed E-state index contributed by atoms with van der Waals surface area (Å²) in [4.78, 5) is 12.9. The quantitative estimate of drug-likeness (QED) is 0.418. The molecule has 0 amide bonds. The van der Waals surface area contributed by atoms with E-state index < -0.39 is 12.2 Å². The first-order valence-electron chi connectivity index (χ1n) is 12.1. The smallest absolute Gasteiger partial charge is 0.162 e. The summed E-state index contributed by atoms with van der Waals surface area (Å²) in [6, 6.07) is 0. The maximum absolute atomic E-state index is 12.9. The van der Waals surface area contributed by atoms with E-state index in [1.807, 2.05) is 6.92 Å². The van der Waals surface area contributed by atoms with Crippen molar-refractivity contribution in [1.29, 1.82) is 0 Å². The summed E-state index contributed by atoms with van der Waals surface area (Å²) < 4.78 is 0. The fraction of sp³-hybridized carbons (Fsp3) is 0.667. The van der Waals surface area contributed by atoms with E-state index in [2.05, 4.69) is 25.7 Å². The second-order valence-corrected chi connectivity index (χ2v) is 10.7. The predicted molar refractivity (Wildman–Crippen MR) is 122 cm³/mol. The molecule has 4 rings (SSSR count). The lowest BCUT2D eigenvalue weighted by Gasteiger charge is -2.44. The average Bonchev–Trinajstić information content (AvgIpc) is 3.51. The van der Waals surface area contributed by atoms with Crippen LogP contribution in [-0.4, -0.2) is 33.3 Å². The minimum Gasteiger partial charge on any atom is -0.512 e. The minimum absolute atomic E-state index is 0.0722. The molecule has 0 aromatic carbocycles. The Morgan fingerprint density at radius 1 is 1.19 bits per heavy atom. The lowest BCUT2D eigenvalue weighted by Crippen LogP contribution is -2.37. The van der Waals surface area contributed by atoms with E-state index >= 15 is 0 Å². The van der Waals surface area contributed by atoms with Gasteiger partial charge in [0.25, 0.3) is 0 Å². The van der Waals surface area contributed by atoms with E-state index in [9.17, 15) is 20.1 Å². The molecule has 3 N–H and O–H groups in total. The number of ketones is 1. The van der Waals surface area contributed by atoms with Crippen LogP contribution >= 0.6 is 0 Å². The van der Waals surface area contributed by atoms with Gasteiger partial charge in [-0.25, -0.2) is 0 Å². The third kappa shape index (κ3) is 4.47. The molecule has 31 heavy (non-hydrogen) atoms. The van der Waals surface area contributed by atoms with Gasteiger partial charge in [0.15, 0.2) is 5.78 Å². The number of allylic oxidation sites excluding steroid dienone is 5. The van der Waals surface area contributed by atoms with E-state index in [0.717, 1.165) is 56.1 Å². The van der Waals surface area contributed by atoms with E-state index in [1.165, 1.54) is 11.6 Å². The van der Waals surface area contributed by atoms with Crippen LogP contribution in [0.4, 0.5) is 0 Å². The van der Waals surface area contributed by atoms with Gasteiger partial charge < -0.3 is 15.3 Å². The van der Waals surface area contributed by atoms with Crippen molar-refractivity contribution in [3.8, 4) is 0 Å². The van der Waals surface area contributed by atoms with E-state index in [4.69, 9.17) is 0 Å². The van der Waals surface area contributed by atoms with Gasteiger partial charge in [0, 0.05) is 24.3 Å². The van der Waals surface area contributed by atoms with Gasteiger partial charge in [-0.05, 0) is 79.8 Å². The van der Waals surface area contributed by atoms with E-state index in [1.54, 1.807) is 0 Å². The van der Waals surface area contributed by atoms with Gasteiger partial charge >= 0.3 is 0 Å². The van der Waals surface area contributed by atoms with Crippen molar-refractivity contribution in [3.63, 3.8) is 0 Å². The molecule has 1 unspecified atom stereocenters. The maximum atomic E-state index is 12.9. The molecule has 170 valence electrons. The summed E-state index contributed by atoms with van der Waals surface area (Å²) in [6.45, 7) is 8.43. The molecule has 0 spiro atoms. The van der Waals surface area contributed by atoms with Crippen LogP contribution < -0.4 is 0 Å². The number of fused-ring (bicyclic) bond motifs is 1. The van der Waals surface area contributed by atoms with Crippen LogP contribution in [0.3, 0.4) is 0 Å². The van der Waals surface area contributed by atoms with Gasteiger partial charge in [0.1, 0.15) is 0 Å². The molecule has 0 saturated heterocycles. The topological polar surface area (TPSA) is 77.8 Å². The Kier molecular flexibility index (Phi) is 6.33. The minimum atomic E-state index is -0.659. The second-order valence-electron chi connectivity index (χ2n) is 10.7. The van der Waals surface area contributed by atoms with Crippen molar-refractivity contribution in [1.82, 2.24) is 0 Å². The number of carbonyl (C=O) groups is 1. The first-order chi connectivity index (χ1) is 14.7. The van der Waals surface area contributed by atoms with Crippen molar-refractivity contribution in [2.75, 3.05) is 0 Å². The molecule has 4 aliphatic carbocycles. The van der Waals surface area contributed by atoms with Crippen LogP contribution in [0.2, 0.25) is 0 Å². The number of carbonyl (C=O) groups excluding carboxylic acids is 1. The zero-order valence-electron chi connectivity index (χ0n) is 19.0. The molecule has 0 heterocycles. The summed E-state index contributed by atoms with van der Waals surface area (Å²) in [5.41, 5.74) is 3.21. The molecule has 0 aliphatic heterocycles. The zero-order valence-corrected chi connectivity index (χ0v) is 19.0. The molecule has 6 atom stereocenters. The average molecular weight is 427 g/mol. The molecule has 4 aliphatic rings. The van der Waals surface area contributed by atoms with Gasteiger partial charge in [-0.2, -0.15) is 0 Å². The summed E-state index contributed by atoms with van der Waals surface area (Å²) in [5.74, 6) is 1.30. The Labute approximate surface area is 186 Å². The summed E-state index contributed by atoms with van der Waals surface area (Å²) in [6.07, 6.45) is 13.0. The van der Waals surface area contributed by atoms with Crippen molar-refractivity contribution >= 4 is 5.78 Å². The molecule has 0 bridgehead atoms. The van der Waals surface area contributed by atoms with E-state index in [0.29, 0.717) is 24.7 Å². The predicted octanol–water partition coefficient (Wildman–Crippen LogP) is 5.18. The molecular weight excluding hydrogens is 388 g/mol. The third-order valence-electron chi connectivity index (χ3n) is 8.64. The number of hydrogen-bond acceptors (Lipinski definition) is 4. The molecule has 0 aromatic rings. The monoisotopic (exact) mass is 426 g/mol. The highest BCUT2D eigenvalue weighted by Crippen LogP contribution is 2.59. The summed E-state index contributed by atoms with van der Waals surface area (Å²) in [5, 5.41) is 30.3. The highest BCUT2D eigenvalue weighted by molar-refractivity contribution is 5.92. The van der Waals surface area contributed by atoms with Gasteiger partial charge in [-0.3, -0.25) is 4.79 Å². The fourth-order valence-electron chi connectivity index (χ4n) is 6.54. The molecule has 4 nitrogen and oxygen atoms in total. The van der Waals surface area contributed by atoms with Gasteiger partial charge in [0.05, 0.1) is 18.0 Å². The van der Waals surface area contributed by atoms with E-state index in [-0.39, 0.29) is 28.8 Å². The number of rotatable bonds is 5. The first-order valence-corrected chi connectivity index (χ1v) is 12.1. The van der Waals surface area contributed by atoms with Crippen molar-refractivity contribution < 1.29 is 20.1 Å². The Morgan fingerprint density at radius 2 is 1.94 bits per heavy atom. The summed E-state index contributed by atoms with van der Waals surface area (Å²) >= 11 is 0. The SMILES string of the molecule is C=C1/C(=C\C=C2/CCC[C@@]3(C)C2CC[C@@H]3[C@H](C)C(=O)/C=C(\O)C2CC2)C[C@@H](O)C[C@@H]1O. The molecule has 0 aromatic heterocycles. The third-order valence-corrected chi connectivity index (χ3v) is 8.64. The second kappa shape index (κ2) is 8.71. The number of aliphatic hydroxyl groups is 3. The molecule has 4 fully saturated rings. The highest BCUT2D eigenvalue weighted by atomic mass is 16.3. The van der Waals surface area contributed by atoms with Gasteiger partial charge in [-0.1, -0.05) is 38.2 Å². The Balaban J connectivity index is 1.51. The maximum Gasteiger partial charge on any atom is 0.162 e. The number of hydrogen-bond donors (Lipinski definition) is 3. The lowest BCUT2D eigenvalue weighted by atomic mass is 9.60. The van der Waals surface area contributed by atoms with Crippen LogP contribution in [0.5, 0.6) is 0 Å². The molecular formula is C27H38O4. The van der Waals surface area contributed by atoms with Crippen LogP contribution in [0.15, 0.2) is 47.3 Å². The Morgan fingerprint density at radius 3 is 2.65 bits per heavy atom. The Bertz CT molecular complexity index is 830. The fourth-order valence-corrected chi connectivity index (χ4v) is 6.54. The van der Waals surface area contributed by atoms with Crippen molar-refractivity contribution in [3.05, 3.63) is 47.3 Å². The normalized spacial score (nSPS) is 40.3. The Hall–Kier alpha value is -1.65. The molecule has 4 heteroatoms. The largest absolute Gasteiger partial charge is 0.512 e. The zero-order chi connectivity index (χ0) is 22.3. The van der Waals surface area contributed by atoms with Crippen molar-refractivity contribution in [2.45, 2.75) is 83.8 Å². The van der Waals surface area contributed by atoms with Gasteiger partial charge in [0.2, 0.25) is 0 Å². The molecule has 0 radical (unpaired) electrons.